The second kappa shape index (κ2) is 17.1. The van der Waals surface area contributed by atoms with Crippen molar-refractivity contribution >= 4 is 37.1 Å². The largest absolute Gasteiger partial charge is 0.0622 e. The van der Waals surface area contributed by atoms with Gasteiger partial charge in [-0.25, -0.2) is 0 Å². The van der Waals surface area contributed by atoms with Crippen LogP contribution < -0.4 is 21.2 Å². The summed E-state index contributed by atoms with van der Waals surface area (Å²) in [6.45, 7) is 28.5. The summed E-state index contributed by atoms with van der Waals surface area (Å²) in [7, 11) is -1.82. The summed E-state index contributed by atoms with van der Waals surface area (Å²) >= 11 is 0. The molecule has 0 nitrogen and oxygen atoms in total. The number of hydrogen-bond acceptors (Lipinski definition) is 0. The van der Waals surface area contributed by atoms with E-state index >= 15 is 0 Å². The first-order valence-corrected chi connectivity index (χ1v) is 23.0. The maximum atomic E-state index is 2.55. The summed E-state index contributed by atoms with van der Waals surface area (Å²) in [5.74, 6) is 0.679. The van der Waals surface area contributed by atoms with Crippen LogP contribution in [-0.2, 0) is 0 Å². The molecule has 6 aromatic rings. The molecule has 0 saturated carbocycles. The van der Waals surface area contributed by atoms with Gasteiger partial charge in [0.1, 0.15) is 0 Å². The fraction of sp³-hybridized carbons (Fsp3) is 0.321. The van der Waals surface area contributed by atoms with Crippen molar-refractivity contribution in [3.63, 3.8) is 0 Å². The van der Waals surface area contributed by atoms with Crippen LogP contribution in [0.25, 0.3) is 0 Å². The monoisotopic (exact) mass is 760 g/mol. The smallest absolute Gasteiger partial charge is 0.0193 e. The highest BCUT2D eigenvalue weighted by Crippen LogP contribution is 2.74. The van der Waals surface area contributed by atoms with Gasteiger partial charge in [-0.2, -0.15) is 0 Å². The van der Waals surface area contributed by atoms with Crippen LogP contribution in [0.15, 0.2) is 133 Å². The van der Waals surface area contributed by atoms with Crippen LogP contribution in [0.2, 0.25) is 0 Å². The molecule has 55 heavy (non-hydrogen) atoms. The number of benzene rings is 6. The third-order valence-corrected chi connectivity index (χ3v) is 17.4. The van der Waals surface area contributed by atoms with E-state index in [4.69, 9.17) is 0 Å². The molecule has 6 rings (SSSR count). The van der Waals surface area contributed by atoms with E-state index in [1.165, 1.54) is 76.9 Å². The molecule has 0 radical (unpaired) electrons. The van der Waals surface area contributed by atoms with Gasteiger partial charge in [-0.1, -0.05) is 206 Å². The van der Waals surface area contributed by atoms with Gasteiger partial charge in [0.2, 0.25) is 0 Å². The third kappa shape index (κ3) is 8.63. The van der Waals surface area contributed by atoms with Crippen LogP contribution in [0, 0.1) is 72.6 Å². The number of aryl methyl sites for hydroxylation is 8. The summed E-state index contributed by atoms with van der Waals surface area (Å²) in [5.41, 5.74) is 13.8. The molecule has 0 amide bonds. The quantitative estimate of drug-likeness (QED) is 0.109. The Kier molecular flexibility index (Phi) is 12.7. The van der Waals surface area contributed by atoms with Crippen LogP contribution >= 0.6 is 15.8 Å². The minimum atomic E-state index is -0.908. The molecule has 0 aliphatic heterocycles. The van der Waals surface area contributed by atoms with Gasteiger partial charge in [0.25, 0.3) is 0 Å². The molecule has 0 fully saturated rings. The van der Waals surface area contributed by atoms with Crippen molar-refractivity contribution in [2.24, 2.45) is 17.3 Å². The molecule has 0 bridgehead atoms. The fourth-order valence-electron chi connectivity index (χ4n) is 9.93. The van der Waals surface area contributed by atoms with E-state index in [-0.39, 0.29) is 16.7 Å². The van der Waals surface area contributed by atoms with Crippen molar-refractivity contribution in [1.82, 2.24) is 0 Å². The molecule has 0 aliphatic carbocycles. The summed E-state index contributed by atoms with van der Waals surface area (Å²) in [6.07, 6.45) is 0. The van der Waals surface area contributed by atoms with Gasteiger partial charge in [-0.15, -0.1) is 0 Å². The van der Waals surface area contributed by atoms with Crippen molar-refractivity contribution in [2.75, 3.05) is 0 Å². The van der Waals surface area contributed by atoms with Gasteiger partial charge >= 0.3 is 0 Å². The standard InChI is InChI=1S/C53H62P2/c1-35(2)53(36(3)4,51(45-19-15-13-16-20-45)54(47-27-37(5)23-38(6)28-47)48-29-39(7)24-40(8)30-48)52(46-21-17-14-18-22-46)55(49-31-41(9)25-42(10)32-49)50-33-43(11)26-44(12)34-50/h13-36,51-52H,1-12H3. The Morgan fingerprint density at radius 1 is 0.327 bits per heavy atom. The molecule has 6 aromatic carbocycles. The average molecular weight is 761 g/mol. The van der Waals surface area contributed by atoms with Crippen molar-refractivity contribution in [1.29, 1.82) is 0 Å². The van der Waals surface area contributed by atoms with E-state index in [9.17, 15) is 0 Å². The Balaban J connectivity index is 1.84. The zero-order valence-electron chi connectivity index (χ0n) is 35.4. The normalized spacial score (nSPS) is 13.2. The molecular weight excluding hydrogens is 699 g/mol. The van der Waals surface area contributed by atoms with E-state index in [0.717, 1.165) is 0 Å². The molecule has 2 heteroatoms. The average Bonchev–Trinajstić information content (AvgIpc) is 3.09. The molecule has 2 atom stereocenters. The van der Waals surface area contributed by atoms with Crippen LogP contribution in [0.1, 0.15) is 94.6 Å². The second-order valence-corrected chi connectivity index (χ2v) is 21.6. The Morgan fingerprint density at radius 2 is 0.545 bits per heavy atom. The van der Waals surface area contributed by atoms with Gasteiger partial charge in [-0.3, -0.25) is 0 Å². The Bertz CT molecular complexity index is 1880. The van der Waals surface area contributed by atoms with Crippen molar-refractivity contribution in [3.05, 3.63) is 189 Å². The molecule has 0 saturated heterocycles. The van der Waals surface area contributed by atoms with Gasteiger partial charge in [0.05, 0.1) is 0 Å². The summed E-state index contributed by atoms with van der Waals surface area (Å²) in [6, 6.07) is 53.0. The lowest BCUT2D eigenvalue weighted by Gasteiger charge is -2.57. The predicted molar refractivity (Wildman–Crippen MR) is 247 cm³/mol. The van der Waals surface area contributed by atoms with Crippen molar-refractivity contribution in [2.45, 2.75) is 94.4 Å². The first-order valence-electron chi connectivity index (χ1n) is 20.2. The zero-order valence-corrected chi connectivity index (χ0v) is 37.2. The summed E-state index contributed by atoms with van der Waals surface area (Å²) in [4.78, 5) is 0. The first kappa shape index (κ1) is 40.8. The highest BCUT2D eigenvalue weighted by atomic mass is 31.1. The zero-order chi connectivity index (χ0) is 39.6. The molecule has 2 unspecified atom stereocenters. The Hall–Kier alpha value is -3.82. The van der Waals surface area contributed by atoms with E-state index in [0.29, 0.717) is 11.8 Å². The lowest BCUT2D eigenvalue weighted by Crippen LogP contribution is -2.47. The minimum absolute atomic E-state index is 0.190. The third-order valence-electron chi connectivity index (χ3n) is 11.6. The second-order valence-electron chi connectivity index (χ2n) is 17.1. The lowest BCUT2D eigenvalue weighted by atomic mass is 9.61. The molecule has 0 heterocycles. The maximum absolute atomic E-state index is 2.55. The highest BCUT2D eigenvalue weighted by Gasteiger charge is 2.56. The first-order chi connectivity index (χ1) is 26.2. The molecule has 0 aromatic heterocycles. The molecule has 0 aliphatic rings. The predicted octanol–water partition coefficient (Wildman–Crippen LogP) is 13.5. The van der Waals surface area contributed by atoms with Crippen LogP contribution in [0.4, 0.5) is 0 Å². The van der Waals surface area contributed by atoms with E-state index < -0.39 is 15.8 Å². The summed E-state index contributed by atoms with van der Waals surface area (Å²) in [5, 5.41) is 5.91. The van der Waals surface area contributed by atoms with Gasteiger partial charge < -0.3 is 0 Å². The highest BCUT2D eigenvalue weighted by molar-refractivity contribution is 7.74. The van der Waals surface area contributed by atoms with Gasteiger partial charge in [0, 0.05) is 11.3 Å². The number of hydrogen-bond donors (Lipinski definition) is 0. The molecule has 0 spiro atoms. The molecular formula is C53H62P2. The van der Waals surface area contributed by atoms with Crippen LogP contribution in [-0.4, -0.2) is 0 Å². The summed E-state index contributed by atoms with van der Waals surface area (Å²) < 4.78 is 0. The lowest BCUT2D eigenvalue weighted by molar-refractivity contribution is 0.0988. The SMILES string of the molecule is Cc1cc(C)cc(P(c2cc(C)cc(C)c2)C(c2ccccc2)C(C(C)C)(C(C)C)C(c2ccccc2)P(c2cc(C)cc(C)c2)c2cc(C)cc(C)c2)c1. The minimum Gasteiger partial charge on any atom is -0.0622 e. The van der Waals surface area contributed by atoms with Crippen molar-refractivity contribution in [3.8, 4) is 0 Å². The van der Waals surface area contributed by atoms with E-state index in [2.05, 4.69) is 217 Å². The van der Waals surface area contributed by atoms with Crippen LogP contribution in [0.5, 0.6) is 0 Å². The van der Waals surface area contributed by atoms with Crippen molar-refractivity contribution < 1.29 is 0 Å². The fourth-order valence-corrected chi connectivity index (χ4v) is 17.9. The maximum Gasteiger partial charge on any atom is 0.0193 e. The van der Waals surface area contributed by atoms with Crippen LogP contribution in [0.3, 0.4) is 0 Å². The van der Waals surface area contributed by atoms with Gasteiger partial charge in [0.15, 0.2) is 0 Å². The van der Waals surface area contributed by atoms with Gasteiger partial charge in [-0.05, 0) is 121 Å². The number of rotatable bonds is 12. The Morgan fingerprint density at radius 3 is 0.745 bits per heavy atom. The molecule has 284 valence electrons. The molecule has 0 N–H and O–H groups in total. The topological polar surface area (TPSA) is 0 Å². The van der Waals surface area contributed by atoms with E-state index in [1.807, 2.05) is 0 Å². The Labute approximate surface area is 336 Å². The van der Waals surface area contributed by atoms with E-state index in [1.54, 1.807) is 0 Å².